The molecule has 2 saturated heterocycles. The average Bonchev–Trinajstić information content (AvgIpc) is 3.54. The minimum absolute atomic E-state index is 0.0478. The molecule has 2 fully saturated rings. The number of carbonyl (C=O) groups is 3. The zero-order valence-electron chi connectivity index (χ0n) is 20.3. The molecule has 2 unspecified atom stereocenters. The quantitative estimate of drug-likeness (QED) is 0.530. The maximum atomic E-state index is 13.8. The lowest BCUT2D eigenvalue weighted by Gasteiger charge is -2.36. The van der Waals surface area contributed by atoms with Crippen molar-refractivity contribution >= 4 is 34.9 Å². The van der Waals surface area contributed by atoms with Crippen molar-refractivity contribution in [1.29, 1.82) is 0 Å². The molecule has 3 amide bonds. The third-order valence-electron chi connectivity index (χ3n) is 6.64. The minimum Gasteiger partial charge on any atom is -0.438 e. The van der Waals surface area contributed by atoms with Gasteiger partial charge in [0.1, 0.15) is 5.82 Å². The number of rotatable bonds is 6. The fraction of sp³-hybridized carbons (Fsp3) is 0.296. The molecule has 3 heterocycles. The zero-order valence-corrected chi connectivity index (χ0v) is 21.1. The second-order valence-electron chi connectivity index (χ2n) is 9.19. The molecule has 10 heteroatoms. The Kier molecular flexibility index (Phi) is 7.20. The SMILES string of the molecule is CN1CCN(C(=O)C2C(c3ccc(NC(=O)c4cccs4)cc3)OC(=O)N2Cc2cccc(F)c2)CC1. The minimum atomic E-state index is -0.897. The summed E-state index contributed by atoms with van der Waals surface area (Å²) >= 11 is 1.35. The van der Waals surface area contributed by atoms with Crippen molar-refractivity contribution in [2.45, 2.75) is 18.7 Å². The van der Waals surface area contributed by atoms with Crippen LogP contribution in [0.2, 0.25) is 0 Å². The molecule has 8 nitrogen and oxygen atoms in total. The monoisotopic (exact) mass is 522 g/mol. The van der Waals surface area contributed by atoms with Gasteiger partial charge in [-0.05, 0) is 53.9 Å². The van der Waals surface area contributed by atoms with E-state index in [9.17, 15) is 18.8 Å². The number of nitrogens with one attached hydrogen (secondary N) is 1. The Morgan fingerprint density at radius 3 is 2.49 bits per heavy atom. The summed E-state index contributed by atoms with van der Waals surface area (Å²) in [5.74, 6) is -0.821. The van der Waals surface area contributed by atoms with Gasteiger partial charge in [0, 0.05) is 31.9 Å². The lowest BCUT2D eigenvalue weighted by molar-refractivity contribution is -0.138. The number of ether oxygens (including phenoxy) is 1. The van der Waals surface area contributed by atoms with Crippen LogP contribution in [0.3, 0.4) is 0 Å². The van der Waals surface area contributed by atoms with Crippen LogP contribution in [-0.2, 0) is 16.1 Å². The molecule has 2 aliphatic heterocycles. The van der Waals surface area contributed by atoms with Crippen LogP contribution in [-0.4, -0.2) is 71.9 Å². The number of halogens is 1. The molecule has 3 aromatic rings. The summed E-state index contributed by atoms with van der Waals surface area (Å²) in [4.78, 5) is 45.0. The molecule has 0 aliphatic carbocycles. The summed E-state index contributed by atoms with van der Waals surface area (Å²) in [5, 5.41) is 4.68. The van der Waals surface area contributed by atoms with Crippen LogP contribution in [0.5, 0.6) is 0 Å². The standard InChI is InChI=1S/C27H27FN4O4S/c1-30-11-13-31(14-12-30)26(34)23-24(36-27(35)32(23)17-18-4-2-5-20(28)16-18)19-7-9-21(10-8-19)29-25(33)22-6-3-15-37-22/h2-10,15-16,23-24H,11-14,17H2,1H3,(H,29,33). The normalized spacial score (nSPS) is 20.1. The Hall–Kier alpha value is -3.76. The van der Waals surface area contributed by atoms with Gasteiger partial charge in [0.2, 0.25) is 5.91 Å². The number of cyclic esters (lactones) is 1. The summed E-state index contributed by atoms with van der Waals surface area (Å²) in [6, 6.07) is 15.6. The molecule has 192 valence electrons. The first-order valence-electron chi connectivity index (χ1n) is 12.0. The van der Waals surface area contributed by atoms with Crippen molar-refractivity contribution in [3.05, 3.63) is 87.9 Å². The first-order valence-corrected chi connectivity index (χ1v) is 12.9. The van der Waals surface area contributed by atoms with Crippen LogP contribution in [0.15, 0.2) is 66.0 Å². The van der Waals surface area contributed by atoms with Gasteiger partial charge in [0.25, 0.3) is 5.91 Å². The van der Waals surface area contributed by atoms with Gasteiger partial charge >= 0.3 is 6.09 Å². The number of carbonyl (C=O) groups excluding carboxylic acids is 3. The van der Waals surface area contributed by atoms with Gasteiger partial charge in [-0.25, -0.2) is 9.18 Å². The molecule has 2 aliphatic rings. The maximum absolute atomic E-state index is 13.8. The van der Waals surface area contributed by atoms with Crippen LogP contribution in [0.1, 0.15) is 26.9 Å². The summed E-state index contributed by atoms with van der Waals surface area (Å²) in [6.45, 7) is 2.62. The zero-order chi connectivity index (χ0) is 25.9. The molecular weight excluding hydrogens is 495 g/mol. The highest BCUT2D eigenvalue weighted by Gasteiger charge is 2.48. The Balaban J connectivity index is 1.39. The average molecular weight is 523 g/mol. The molecule has 1 N–H and O–H groups in total. The van der Waals surface area contributed by atoms with Gasteiger partial charge in [-0.1, -0.05) is 30.3 Å². The van der Waals surface area contributed by atoms with Crippen molar-refractivity contribution in [1.82, 2.24) is 14.7 Å². The van der Waals surface area contributed by atoms with E-state index in [1.54, 1.807) is 47.4 Å². The van der Waals surface area contributed by atoms with E-state index in [0.717, 1.165) is 13.1 Å². The Labute approximate surface area is 218 Å². The fourth-order valence-corrected chi connectivity index (χ4v) is 5.22. The highest BCUT2D eigenvalue weighted by molar-refractivity contribution is 7.12. The van der Waals surface area contributed by atoms with E-state index in [4.69, 9.17) is 4.74 Å². The molecule has 5 rings (SSSR count). The predicted molar refractivity (Wildman–Crippen MR) is 138 cm³/mol. The van der Waals surface area contributed by atoms with E-state index in [1.807, 2.05) is 18.5 Å². The van der Waals surface area contributed by atoms with Crippen molar-refractivity contribution < 1.29 is 23.5 Å². The van der Waals surface area contributed by atoms with E-state index in [0.29, 0.717) is 34.8 Å². The first kappa shape index (κ1) is 24.9. The van der Waals surface area contributed by atoms with E-state index in [-0.39, 0.29) is 18.4 Å². The molecule has 2 atom stereocenters. The highest BCUT2D eigenvalue weighted by Crippen LogP contribution is 2.35. The summed E-state index contributed by atoms with van der Waals surface area (Å²) < 4.78 is 19.6. The fourth-order valence-electron chi connectivity index (χ4n) is 4.60. The molecule has 0 spiro atoms. The molecule has 37 heavy (non-hydrogen) atoms. The van der Waals surface area contributed by atoms with Gasteiger partial charge in [-0.3, -0.25) is 14.5 Å². The van der Waals surface area contributed by atoms with Gasteiger partial charge in [-0.15, -0.1) is 11.3 Å². The van der Waals surface area contributed by atoms with Crippen LogP contribution >= 0.6 is 11.3 Å². The van der Waals surface area contributed by atoms with Crippen LogP contribution in [0.4, 0.5) is 14.9 Å². The van der Waals surface area contributed by atoms with Gasteiger partial charge in [0.05, 0.1) is 11.4 Å². The number of benzene rings is 2. The van der Waals surface area contributed by atoms with Crippen molar-refractivity contribution in [2.24, 2.45) is 0 Å². The van der Waals surface area contributed by atoms with Crippen LogP contribution in [0.25, 0.3) is 0 Å². The number of amides is 3. The number of hydrogen-bond donors (Lipinski definition) is 1. The number of nitrogens with zero attached hydrogens (tertiary/aromatic N) is 3. The lowest BCUT2D eigenvalue weighted by atomic mass is 9.99. The van der Waals surface area contributed by atoms with E-state index < -0.39 is 24.1 Å². The third-order valence-corrected chi connectivity index (χ3v) is 7.51. The number of hydrogen-bond acceptors (Lipinski definition) is 6. The number of anilines is 1. The summed E-state index contributed by atoms with van der Waals surface area (Å²) in [5.41, 5.74) is 1.79. The number of thiophene rings is 1. The lowest BCUT2D eigenvalue weighted by Crippen LogP contribution is -2.54. The number of likely N-dealkylation sites (N-methyl/N-ethyl adjacent to an activating group) is 1. The Morgan fingerprint density at radius 2 is 1.81 bits per heavy atom. The predicted octanol–water partition coefficient (Wildman–Crippen LogP) is 3.98. The topological polar surface area (TPSA) is 82.2 Å². The molecule has 0 saturated carbocycles. The van der Waals surface area contributed by atoms with Crippen LogP contribution < -0.4 is 5.32 Å². The first-order chi connectivity index (χ1) is 17.9. The largest absolute Gasteiger partial charge is 0.438 e. The number of piperazine rings is 1. The maximum Gasteiger partial charge on any atom is 0.411 e. The third kappa shape index (κ3) is 5.50. The highest BCUT2D eigenvalue weighted by atomic mass is 32.1. The second-order valence-corrected chi connectivity index (χ2v) is 10.1. The van der Waals surface area contributed by atoms with E-state index in [1.165, 1.54) is 28.4 Å². The molecule has 2 aromatic carbocycles. The smallest absolute Gasteiger partial charge is 0.411 e. The summed E-state index contributed by atoms with van der Waals surface area (Å²) in [6.07, 6.45) is -1.47. The van der Waals surface area contributed by atoms with Gasteiger partial charge < -0.3 is 19.9 Å². The van der Waals surface area contributed by atoms with E-state index >= 15 is 0 Å². The van der Waals surface area contributed by atoms with Crippen molar-refractivity contribution in [3.63, 3.8) is 0 Å². The van der Waals surface area contributed by atoms with Crippen molar-refractivity contribution in [3.8, 4) is 0 Å². The van der Waals surface area contributed by atoms with Crippen molar-refractivity contribution in [2.75, 3.05) is 38.5 Å². The van der Waals surface area contributed by atoms with E-state index in [2.05, 4.69) is 10.2 Å². The molecule has 0 radical (unpaired) electrons. The molecule has 1 aromatic heterocycles. The Morgan fingerprint density at radius 1 is 1.05 bits per heavy atom. The second kappa shape index (κ2) is 10.7. The molecular formula is C27H27FN4O4S. The van der Waals surface area contributed by atoms with Crippen LogP contribution in [0, 0.1) is 5.82 Å². The van der Waals surface area contributed by atoms with Gasteiger partial charge in [0.15, 0.2) is 12.1 Å². The molecule has 0 bridgehead atoms. The Bertz CT molecular complexity index is 1280. The van der Waals surface area contributed by atoms with Gasteiger partial charge in [-0.2, -0.15) is 0 Å². The summed E-state index contributed by atoms with van der Waals surface area (Å²) in [7, 11) is 2.00.